The van der Waals surface area contributed by atoms with Crippen molar-refractivity contribution in [2.45, 2.75) is 32.1 Å². The summed E-state index contributed by atoms with van der Waals surface area (Å²) in [5.41, 5.74) is 1.32. The van der Waals surface area contributed by atoms with E-state index in [2.05, 4.69) is 4.98 Å². The molecule has 1 aliphatic heterocycles. The molecule has 0 bridgehead atoms. The number of carbonyl (C=O) groups is 1. The summed E-state index contributed by atoms with van der Waals surface area (Å²) in [7, 11) is 0. The van der Waals surface area contributed by atoms with Crippen LogP contribution in [0.5, 0.6) is 5.75 Å². The van der Waals surface area contributed by atoms with Crippen molar-refractivity contribution in [2.24, 2.45) is 0 Å². The fraction of sp³-hybridized carbons (Fsp3) is 0.207. The Hall–Kier alpha value is -4.47. The van der Waals surface area contributed by atoms with Crippen molar-refractivity contribution in [1.82, 2.24) is 14.5 Å². The van der Waals surface area contributed by atoms with Crippen LogP contribution < -0.4 is 10.3 Å². The van der Waals surface area contributed by atoms with E-state index in [-0.39, 0.29) is 36.6 Å². The summed E-state index contributed by atoms with van der Waals surface area (Å²) in [5.74, 6) is -0.000270. The monoisotopic (exact) mass is 537 g/mol. The lowest BCUT2D eigenvalue weighted by atomic mass is 9.97. The summed E-state index contributed by atoms with van der Waals surface area (Å²) in [4.78, 5) is 32.5. The van der Waals surface area contributed by atoms with E-state index < -0.39 is 23.9 Å². The molecule has 0 radical (unpaired) electrons. The molecule has 1 aromatic heterocycles. The first-order valence-electron chi connectivity index (χ1n) is 12.2. The highest BCUT2D eigenvalue weighted by Gasteiger charge is 2.31. The highest BCUT2D eigenvalue weighted by molar-refractivity contribution is 5.71. The van der Waals surface area contributed by atoms with E-state index in [1.54, 1.807) is 23.6 Å². The van der Waals surface area contributed by atoms with Crippen LogP contribution in [0.25, 0.3) is 0 Å². The lowest BCUT2D eigenvalue weighted by Gasteiger charge is -2.30. The summed E-state index contributed by atoms with van der Waals surface area (Å²) in [6.45, 7) is 1.87. The van der Waals surface area contributed by atoms with Crippen molar-refractivity contribution in [1.29, 1.82) is 0 Å². The van der Waals surface area contributed by atoms with Crippen LogP contribution in [0.3, 0.4) is 0 Å². The number of aryl methyl sites for hydroxylation is 1. The Morgan fingerprint density at radius 1 is 0.949 bits per heavy atom. The zero-order valence-electron chi connectivity index (χ0n) is 20.8. The molecule has 0 spiro atoms. The molecule has 10 heteroatoms. The number of benzene rings is 3. The van der Waals surface area contributed by atoms with E-state index in [0.29, 0.717) is 22.6 Å². The number of fused-ring (bicyclic) bond motifs is 1. The maximum atomic E-state index is 13.8. The van der Waals surface area contributed by atoms with Crippen molar-refractivity contribution >= 4 is 6.09 Å². The molecular weight excluding hydrogens is 514 g/mol. The van der Waals surface area contributed by atoms with Crippen molar-refractivity contribution < 1.29 is 27.1 Å². The third-order valence-electron chi connectivity index (χ3n) is 6.65. The molecule has 6 nitrogen and oxygen atoms in total. The summed E-state index contributed by atoms with van der Waals surface area (Å²) >= 11 is 0. The SMILES string of the molecule is Cc1nc2c(c(=O)n1C(c1ccccc1)c1ccc(F)cc1)CCN(C(=O)Oc1ccc(C(F)(F)F)cc1)C2. The van der Waals surface area contributed by atoms with E-state index >= 15 is 0 Å². The maximum absolute atomic E-state index is 13.8. The molecule has 0 saturated carbocycles. The molecule has 3 aromatic carbocycles. The van der Waals surface area contributed by atoms with Gasteiger partial charge < -0.3 is 9.64 Å². The van der Waals surface area contributed by atoms with Crippen molar-refractivity contribution in [3.63, 3.8) is 0 Å². The largest absolute Gasteiger partial charge is 0.416 e. The Balaban J connectivity index is 1.43. The zero-order chi connectivity index (χ0) is 27.7. The van der Waals surface area contributed by atoms with Gasteiger partial charge in [0, 0.05) is 12.1 Å². The molecule has 0 N–H and O–H groups in total. The summed E-state index contributed by atoms with van der Waals surface area (Å²) in [5, 5.41) is 0. The highest BCUT2D eigenvalue weighted by atomic mass is 19.4. The van der Waals surface area contributed by atoms with Gasteiger partial charge in [-0.15, -0.1) is 0 Å². The first-order chi connectivity index (χ1) is 18.6. The zero-order valence-corrected chi connectivity index (χ0v) is 20.8. The van der Waals surface area contributed by atoms with Gasteiger partial charge in [0.25, 0.3) is 5.56 Å². The minimum Gasteiger partial charge on any atom is -0.410 e. The lowest BCUT2D eigenvalue weighted by Crippen LogP contribution is -2.43. The Kier molecular flexibility index (Phi) is 6.94. The minimum atomic E-state index is -4.49. The Morgan fingerprint density at radius 3 is 2.23 bits per heavy atom. The number of nitrogens with zero attached hydrogens (tertiary/aromatic N) is 3. The predicted molar refractivity (Wildman–Crippen MR) is 135 cm³/mol. The number of amides is 1. The second-order valence-corrected chi connectivity index (χ2v) is 9.19. The quantitative estimate of drug-likeness (QED) is 0.304. The lowest BCUT2D eigenvalue weighted by molar-refractivity contribution is -0.137. The topological polar surface area (TPSA) is 64.4 Å². The van der Waals surface area contributed by atoms with Crippen LogP contribution in [0.2, 0.25) is 0 Å². The predicted octanol–water partition coefficient (Wildman–Crippen LogP) is 5.90. The van der Waals surface area contributed by atoms with Crippen LogP contribution in [-0.4, -0.2) is 27.1 Å². The highest BCUT2D eigenvalue weighted by Crippen LogP contribution is 2.31. The van der Waals surface area contributed by atoms with Gasteiger partial charge in [-0.1, -0.05) is 42.5 Å². The van der Waals surface area contributed by atoms with Gasteiger partial charge in [-0.05, 0) is 60.9 Å². The fourth-order valence-electron chi connectivity index (χ4n) is 4.73. The molecule has 1 amide bonds. The van der Waals surface area contributed by atoms with Gasteiger partial charge >= 0.3 is 12.3 Å². The van der Waals surface area contributed by atoms with E-state index in [4.69, 9.17) is 4.74 Å². The summed E-state index contributed by atoms with van der Waals surface area (Å²) in [6.07, 6.45) is -5.03. The normalized spacial score (nSPS) is 14.0. The van der Waals surface area contributed by atoms with E-state index in [1.165, 1.54) is 17.0 Å². The number of ether oxygens (including phenoxy) is 1. The molecule has 0 fully saturated rings. The second kappa shape index (κ2) is 10.4. The third-order valence-corrected chi connectivity index (χ3v) is 6.65. The Labute approximate surface area is 221 Å². The molecule has 5 rings (SSSR count). The van der Waals surface area contributed by atoms with Crippen LogP contribution in [0.1, 0.15) is 39.8 Å². The van der Waals surface area contributed by atoms with E-state index in [0.717, 1.165) is 29.8 Å². The first-order valence-corrected chi connectivity index (χ1v) is 12.2. The van der Waals surface area contributed by atoms with E-state index in [1.807, 2.05) is 30.3 Å². The van der Waals surface area contributed by atoms with Gasteiger partial charge in [0.2, 0.25) is 0 Å². The number of carbonyl (C=O) groups excluding carboxylic acids is 1. The molecule has 1 aliphatic rings. The number of hydrogen-bond acceptors (Lipinski definition) is 4. The van der Waals surface area contributed by atoms with Gasteiger partial charge in [0.05, 0.1) is 23.8 Å². The Morgan fingerprint density at radius 2 is 1.59 bits per heavy atom. The average molecular weight is 538 g/mol. The van der Waals surface area contributed by atoms with Crippen LogP contribution in [0.4, 0.5) is 22.4 Å². The van der Waals surface area contributed by atoms with Gasteiger partial charge in [-0.3, -0.25) is 9.36 Å². The van der Waals surface area contributed by atoms with Gasteiger partial charge in [0.1, 0.15) is 17.4 Å². The number of halogens is 4. The molecule has 1 unspecified atom stereocenters. The third kappa shape index (κ3) is 5.41. The summed E-state index contributed by atoms with van der Waals surface area (Å²) < 4.78 is 58.9. The van der Waals surface area contributed by atoms with Crippen LogP contribution in [0.15, 0.2) is 83.7 Å². The molecule has 1 atom stereocenters. The van der Waals surface area contributed by atoms with Crippen molar-refractivity contribution in [3.8, 4) is 5.75 Å². The van der Waals surface area contributed by atoms with E-state index in [9.17, 15) is 27.2 Å². The maximum Gasteiger partial charge on any atom is 0.416 e. The van der Waals surface area contributed by atoms with Crippen molar-refractivity contribution in [3.05, 3.63) is 129 Å². The van der Waals surface area contributed by atoms with Crippen LogP contribution in [0, 0.1) is 12.7 Å². The molecule has 39 heavy (non-hydrogen) atoms. The molecular formula is C29H23F4N3O3. The molecule has 0 aliphatic carbocycles. The first kappa shape index (κ1) is 26.1. The molecule has 2 heterocycles. The molecule has 4 aromatic rings. The minimum absolute atomic E-state index is 0.0122. The average Bonchev–Trinajstić information content (AvgIpc) is 2.91. The van der Waals surface area contributed by atoms with Crippen LogP contribution in [-0.2, 0) is 19.1 Å². The van der Waals surface area contributed by atoms with Gasteiger partial charge in [-0.2, -0.15) is 13.2 Å². The second-order valence-electron chi connectivity index (χ2n) is 9.19. The number of alkyl halides is 3. The molecule has 200 valence electrons. The van der Waals surface area contributed by atoms with Gasteiger partial charge in [-0.25, -0.2) is 14.2 Å². The van der Waals surface area contributed by atoms with Crippen LogP contribution >= 0.6 is 0 Å². The Bertz CT molecular complexity index is 1550. The number of hydrogen-bond donors (Lipinski definition) is 0. The number of rotatable bonds is 4. The number of aromatic nitrogens is 2. The fourth-order valence-corrected chi connectivity index (χ4v) is 4.73. The smallest absolute Gasteiger partial charge is 0.410 e. The van der Waals surface area contributed by atoms with Gasteiger partial charge in [0.15, 0.2) is 0 Å². The van der Waals surface area contributed by atoms with Crippen molar-refractivity contribution in [2.75, 3.05) is 6.54 Å². The standard InChI is InChI=1S/C29H23F4N3O3/c1-18-34-25-17-35(28(38)39-23-13-9-21(10-14-23)29(31,32)33)16-15-24(25)27(37)36(18)26(19-5-3-2-4-6-19)20-7-11-22(30)12-8-20/h2-14,26H,15-17H2,1H3. The summed E-state index contributed by atoms with van der Waals surface area (Å²) in [6, 6.07) is 18.6. The molecule has 0 saturated heterocycles.